The molecular formula is C24H22N2O8. The fourth-order valence-electron chi connectivity index (χ4n) is 3.73. The molecule has 3 rings (SSSR count). The Morgan fingerprint density at radius 3 is 1.94 bits per heavy atom. The van der Waals surface area contributed by atoms with Gasteiger partial charge in [-0.25, -0.2) is 14.4 Å². The number of rotatable bonds is 6. The van der Waals surface area contributed by atoms with Gasteiger partial charge in [-0.15, -0.1) is 0 Å². The molecule has 0 spiro atoms. The lowest BCUT2D eigenvalue weighted by atomic mass is 9.80. The quantitative estimate of drug-likeness (QED) is 0.294. The standard InChI is InChI=1S/C24H22N2O8/c1-13-19(23(28)32-3)21(20(14(2)25-13)24(29)33-4)15-8-10-18(11-9-15)34-22(27)16-6-5-7-17(12-16)26(30)31/h5-12,21,25H,1-4H3. The summed E-state index contributed by atoms with van der Waals surface area (Å²) in [6.45, 7) is 3.40. The van der Waals surface area contributed by atoms with E-state index in [-0.39, 0.29) is 28.1 Å². The summed E-state index contributed by atoms with van der Waals surface area (Å²) in [5.74, 6) is -2.58. The van der Waals surface area contributed by atoms with Crippen LogP contribution < -0.4 is 10.1 Å². The number of nitro groups is 1. The van der Waals surface area contributed by atoms with Crippen molar-refractivity contribution in [3.8, 4) is 5.75 Å². The van der Waals surface area contributed by atoms with Gasteiger partial charge in [-0.1, -0.05) is 18.2 Å². The fraction of sp³-hybridized carbons (Fsp3) is 0.208. The van der Waals surface area contributed by atoms with Crippen LogP contribution in [0.1, 0.15) is 35.7 Å². The minimum atomic E-state index is -0.775. The zero-order chi connectivity index (χ0) is 25.0. The van der Waals surface area contributed by atoms with Crippen LogP contribution in [0.2, 0.25) is 0 Å². The van der Waals surface area contributed by atoms with Crippen molar-refractivity contribution < 1.29 is 33.5 Å². The van der Waals surface area contributed by atoms with Gasteiger partial charge in [0.15, 0.2) is 0 Å². The minimum absolute atomic E-state index is 0.0229. The summed E-state index contributed by atoms with van der Waals surface area (Å²) >= 11 is 0. The molecule has 1 aliphatic heterocycles. The summed E-state index contributed by atoms with van der Waals surface area (Å²) in [6.07, 6.45) is 0. The van der Waals surface area contributed by atoms with Crippen LogP contribution in [0.5, 0.6) is 5.75 Å². The van der Waals surface area contributed by atoms with Crippen molar-refractivity contribution in [2.24, 2.45) is 0 Å². The summed E-state index contributed by atoms with van der Waals surface area (Å²) in [5, 5.41) is 14.0. The summed E-state index contributed by atoms with van der Waals surface area (Å²) in [4.78, 5) is 47.9. The van der Waals surface area contributed by atoms with Gasteiger partial charge in [-0.3, -0.25) is 10.1 Å². The molecule has 0 radical (unpaired) electrons. The topological polar surface area (TPSA) is 134 Å². The van der Waals surface area contributed by atoms with E-state index in [1.54, 1.807) is 26.0 Å². The maximum Gasteiger partial charge on any atom is 0.343 e. The number of nitrogens with one attached hydrogen (secondary N) is 1. The van der Waals surface area contributed by atoms with Crippen LogP contribution in [-0.2, 0) is 19.1 Å². The SMILES string of the molecule is COC(=O)C1=C(C)NC(C)=C(C(=O)OC)C1c1ccc(OC(=O)c2cccc([N+](=O)[O-])c2)cc1. The highest BCUT2D eigenvalue weighted by atomic mass is 16.6. The van der Waals surface area contributed by atoms with Crippen LogP contribution in [0.25, 0.3) is 0 Å². The van der Waals surface area contributed by atoms with Gasteiger partial charge in [0.25, 0.3) is 5.69 Å². The first-order valence-corrected chi connectivity index (χ1v) is 10.1. The van der Waals surface area contributed by atoms with Gasteiger partial charge < -0.3 is 19.5 Å². The minimum Gasteiger partial charge on any atom is -0.466 e. The van der Waals surface area contributed by atoms with Crippen LogP contribution in [-0.4, -0.2) is 37.1 Å². The number of dihydropyridines is 1. The molecule has 1 N–H and O–H groups in total. The number of hydrogen-bond donors (Lipinski definition) is 1. The molecule has 2 aromatic rings. The molecule has 0 bridgehead atoms. The highest BCUT2D eigenvalue weighted by Gasteiger charge is 2.37. The first kappa shape index (κ1) is 24.2. The highest BCUT2D eigenvalue weighted by molar-refractivity contribution is 5.99. The van der Waals surface area contributed by atoms with Crippen molar-refractivity contribution in [3.63, 3.8) is 0 Å². The van der Waals surface area contributed by atoms with E-state index in [2.05, 4.69) is 5.32 Å². The average molecular weight is 466 g/mol. The van der Waals surface area contributed by atoms with Gasteiger partial charge in [0, 0.05) is 23.5 Å². The Labute approximate surface area is 195 Å². The third-order valence-electron chi connectivity index (χ3n) is 5.29. The fourth-order valence-corrected chi connectivity index (χ4v) is 3.73. The second-order valence-corrected chi connectivity index (χ2v) is 7.38. The average Bonchev–Trinajstić information content (AvgIpc) is 2.83. The van der Waals surface area contributed by atoms with E-state index in [9.17, 15) is 24.5 Å². The molecule has 0 unspecified atom stereocenters. The third kappa shape index (κ3) is 4.80. The molecule has 1 heterocycles. The molecule has 0 amide bonds. The van der Waals surface area contributed by atoms with Gasteiger partial charge in [0.05, 0.1) is 41.8 Å². The molecule has 34 heavy (non-hydrogen) atoms. The van der Waals surface area contributed by atoms with Crippen molar-refractivity contribution in [2.45, 2.75) is 19.8 Å². The Hall–Kier alpha value is -4.47. The molecule has 0 saturated heterocycles. The number of esters is 3. The van der Waals surface area contributed by atoms with Crippen molar-refractivity contribution >= 4 is 23.6 Å². The summed E-state index contributed by atoms with van der Waals surface area (Å²) in [5.41, 5.74) is 1.91. The first-order valence-electron chi connectivity index (χ1n) is 10.1. The lowest BCUT2D eigenvalue weighted by Crippen LogP contribution is -2.32. The van der Waals surface area contributed by atoms with Crippen LogP contribution in [0.4, 0.5) is 5.69 Å². The predicted octanol–water partition coefficient (Wildman–Crippen LogP) is 3.39. The molecule has 0 fully saturated rings. The highest BCUT2D eigenvalue weighted by Crippen LogP contribution is 2.39. The maximum absolute atomic E-state index is 12.6. The second-order valence-electron chi connectivity index (χ2n) is 7.38. The normalized spacial score (nSPS) is 13.8. The number of carbonyl (C=O) groups excluding carboxylic acids is 3. The number of nitro benzene ring substituents is 1. The van der Waals surface area contributed by atoms with Crippen molar-refractivity contribution in [3.05, 3.63) is 92.3 Å². The summed E-state index contributed by atoms with van der Waals surface area (Å²) in [7, 11) is 2.50. The van der Waals surface area contributed by atoms with Gasteiger partial charge in [-0.05, 0) is 37.6 Å². The van der Waals surface area contributed by atoms with Crippen LogP contribution >= 0.6 is 0 Å². The van der Waals surface area contributed by atoms with E-state index >= 15 is 0 Å². The molecule has 10 heteroatoms. The van der Waals surface area contributed by atoms with Crippen LogP contribution in [0, 0.1) is 10.1 Å². The number of methoxy groups -OCH3 is 2. The Balaban J connectivity index is 1.94. The molecule has 0 atom stereocenters. The number of non-ortho nitro benzene ring substituents is 1. The molecule has 176 valence electrons. The lowest BCUT2D eigenvalue weighted by molar-refractivity contribution is -0.384. The Morgan fingerprint density at radius 1 is 0.882 bits per heavy atom. The van der Waals surface area contributed by atoms with Gasteiger partial charge in [-0.2, -0.15) is 0 Å². The Bertz CT molecular complexity index is 1190. The molecule has 0 aromatic heterocycles. The van der Waals surface area contributed by atoms with Crippen LogP contribution in [0.15, 0.2) is 71.1 Å². The van der Waals surface area contributed by atoms with E-state index in [0.717, 1.165) is 6.07 Å². The van der Waals surface area contributed by atoms with Crippen molar-refractivity contribution in [1.82, 2.24) is 5.32 Å². The monoisotopic (exact) mass is 466 g/mol. The van der Waals surface area contributed by atoms with E-state index in [0.29, 0.717) is 17.0 Å². The van der Waals surface area contributed by atoms with Crippen molar-refractivity contribution in [1.29, 1.82) is 0 Å². The molecular weight excluding hydrogens is 444 g/mol. The lowest BCUT2D eigenvalue weighted by Gasteiger charge is -2.30. The Morgan fingerprint density at radius 2 is 1.44 bits per heavy atom. The van der Waals surface area contributed by atoms with E-state index in [4.69, 9.17) is 14.2 Å². The predicted molar refractivity (Wildman–Crippen MR) is 120 cm³/mol. The number of benzene rings is 2. The summed E-state index contributed by atoms with van der Waals surface area (Å²) in [6, 6.07) is 11.4. The summed E-state index contributed by atoms with van der Waals surface area (Å²) < 4.78 is 15.2. The molecule has 0 aliphatic carbocycles. The zero-order valence-corrected chi connectivity index (χ0v) is 18.9. The largest absolute Gasteiger partial charge is 0.466 e. The van der Waals surface area contributed by atoms with Gasteiger partial charge in [0.2, 0.25) is 0 Å². The molecule has 10 nitrogen and oxygen atoms in total. The van der Waals surface area contributed by atoms with Crippen molar-refractivity contribution in [2.75, 3.05) is 14.2 Å². The maximum atomic E-state index is 12.6. The number of hydrogen-bond acceptors (Lipinski definition) is 9. The number of ether oxygens (including phenoxy) is 3. The van der Waals surface area contributed by atoms with E-state index in [1.165, 1.54) is 44.6 Å². The number of nitrogens with zero attached hydrogens (tertiary/aromatic N) is 1. The number of allylic oxidation sites excluding steroid dienone is 2. The Kier molecular flexibility index (Phi) is 7.10. The smallest absolute Gasteiger partial charge is 0.343 e. The second kappa shape index (κ2) is 9.99. The molecule has 1 aliphatic rings. The molecule has 0 saturated carbocycles. The van der Waals surface area contributed by atoms with E-state index < -0.39 is 28.7 Å². The van der Waals surface area contributed by atoms with E-state index in [1.807, 2.05) is 0 Å². The van der Waals surface area contributed by atoms with Gasteiger partial charge in [0.1, 0.15) is 5.75 Å². The van der Waals surface area contributed by atoms with Gasteiger partial charge >= 0.3 is 17.9 Å². The first-order chi connectivity index (χ1) is 16.2. The molecule has 2 aromatic carbocycles. The van der Waals surface area contributed by atoms with Crippen LogP contribution in [0.3, 0.4) is 0 Å². The number of carbonyl (C=O) groups is 3. The third-order valence-corrected chi connectivity index (χ3v) is 5.29. The zero-order valence-electron chi connectivity index (χ0n) is 18.9.